The summed E-state index contributed by atoms with van der Waals surface area (Å²) in [6, 6.07) is 0. The molecule has 1 N–H and O–H groups in total. The highest BCUT2D eigenvalue weighted by atomic mass is 16.6. The Hall–Kier alpha value is -1.10. The molecule has 0 heterocycles. The van der Waals surface area contributed by atoms with Gasteiger partial charge in [-0.3, -0.25) is 9.59 Å². The summed E-state index contributed by atoms with van der Waals surface area (Å²) in [5, 5.41) is 9.99. The van der Waals surface area contributed by atoms with Crippen LogP contribution in [0.2, 0.25) is 0 Å². The maximum atomic E-state index is 12.0. The van der Waals surface area contributed by atoms with Gasteiger partial charge in [0.25, 0.3) is 0 Å². The zero-order chi connectivity index (χ0) is 32.4. The lowest BCUT2D eigenvalue weighted by Crippen LogP contribution is -2.25. The maximum Gasteiger partial charge on any atom is 0.305 e. The first-order chi connectivity index (χ1) is 21.5. The van der Waals surface area contributed by atoms with Gasteiger partial charge in [-0.05, 0) is 18.8 Å². The number of unbranched alkanes of at least 4 members (excludes halogenated alkanes) is 25. The van der Waals surface area contributed by atoms with Crippen LogP contribution in [0.1, 0.15) is 213 Å². The highest BCUT2D eigenvalue weighted by Crippen LogP contribution is 2.16. The number of aliphatic hydroxyl groups is 1. The molecule has 0 saturated heterocycles. The highest BCUT2D eigenvalue weighted by Gasteiger charge is 2.12. The SMILES string of the molecule is CCCCCCCCCCCCCCCCCCCCC(=O)OC[C@H](O)COC(=O)CCCCCCCCCCCC(C)C. The molecule has 0 aromatic carbocycles. The van der Waals surface area contributed by atoms with E-state index in [4.69, 9.17) is 9.47 Å². The first-order valence-electron chi connectivity index (χ1n) is 19.4. The van der Waals surface area contributed by atoms with E-state index in [-0.39, 0.29) is 25.2 Å². The first-order valence-corrected chi connectivity index (χ1v) is 19.4. The van der Waals surface area contributed by atoms with Crippen LogP contribution in [0, 0.1) is 5.92 Å². The lowest BCUT2D eigenvalue weighted by Gasteiger charge is -2.12. The topological polar surface area (TPSA) is 72.8 Å². The molecule has 0 aromatic rings. The van der Waals surface area contributed by atoms with Crippen molar-refractivity contribution in [1.82, 2.24) is 0 Å². The van der Waals surface area contributed by atoms with Gasteiger partial charge >= 0.3 is 11.9 Å². The van der Waals surface area contributed by atoms with Gasteiger partial charge in [-0.15, -0.1) is 0 Å². The van der Waals surface area contributed by atoms with Crippen molar-refractivity contribution in [3.05, 3.63) is 0 Å². The predicted molar refractivity (Wildman–Crippen MR) is 187 cm³/mol. The van der Waals surface area contributed by atoms with Crippen molar-refractivity contribution in [2.45, 2.75) is 219 Å². The molecule has 5 nitrogen and oxygen atoms in total. The number of aliphatic hydroxyl groups excluding tert-OH is 1. The van der Waals surface area contributed by atoms with Crippen LogP contribution in [0.3, 0.4) is 0 Å². The minimum Gasteiger partial charge on any atom is -0.463 e. The normalized spacial score (nSPS) is 12.1. The van der Waals surface area contributed by atoms with Gasteiger partial charge in [0.05, 0.1) is 0 Å². The lowest BCUT2D eigenvalue weighted by molar-refractivity contribution is -0.152. The highest BCUT2D eigenvalue weighted by molar-refractivity contribution is 5.69. The molecule has 262 valence electrons. The van der Waals surface area contributed by atoms with Gasteiger partial charge in [0, 0.05) is 12.8 Å². The summed E-state index contributed by atoms with van der Waals surface area (Å²) in [4.78, 5) is 23.9. The minimum absolute atomic E-state index is 0.109. The fourth-order valence-corrected chi connectivity index (χ4v) is 5.80. The van der Waals surface area contributed by atoms with Crippen molar-refractivity contribution in [3.63, 3.8) is 0 Å². The average Bonchev–Trinajstić information content (AvgIpc) is 3.00. The Morgan fingerprint density at radius 3 is 1.02 bits per heavy atom. The van der Waals surface area contributed by atoms with Crippen LogP contribution in [0.4, 0.5) is 0 Å². The second-order valence-corrected chi connectivity index (χ2v) is 13.9. The Morgan fingerprint density at radius 1 is 0.455 bits per heavy atom. The molecular weight excluding hydrogens is 548 g/mol. The summed E-state index contributed by atoms with van der Waals surface area (Å²) >= 11 is 0. The van der Waals surface area contributed by atoms with Gasteiger partial charge in [-0.1, -0.05) is 188 Å². The average molecular weight is 625 g/mol. The van der Waals surface area contributed by atoms with Gasteiger partial charge in [0.15, 0.2) is 0 Å². The van der Waals surface area contributed by atoms with Crippen molar-refractivity contribution < 1.29 is 24.2 Å². The number of esters is 2. The van der Waals surface area contributed by atoms with Crippen LogP contribution in [0.5, 0.6) is 0 Å². The summed E-state index contributed by atoms with van der Waals surface area (Å²) < 4.78 is 10.3. The molecule has 0 aliphatic heterocycles. The number of hydrogen-bond acceptors (Lipinski definition) is 5. The van der Waals surface area contributed by atoms with Gasteiger partial charge in [-0.25, -0.2) is 0 Å². The van der Waals surface area contributed by atoms with Crippen LogP contribution < -0.4 is 0 Å². The monoisotopic (exact) mass is 625 g/mol. The summed E-state index contributed by atoms with van der Waals surface area (Å²) in [7, 11) is 0. The molecule has 5 heteroatoms. The van der Waals surface area contributed by atoms with E-state index < -0.39 is 6.10 Å². The molecule has 0 aromatic heterocycles. The van der Waals surface area contributed by atoms with Crippen LogP contribution in [-0.2, 0) is 19.1 Å². The van der Waals surface area contributed by atoms with Crippen molar-refractivity contribution in [1.29, 1.82) is 0 Å². The van der Waals surface area contributed by atoms with E-state index in [2.05, 4.69) is 20.8 Å². The van der Waals surface area contributed by atoms with Crippen LogP contribution in [0.25, 0.3) is 0 Å². The van der Waals surface area contributed by atoms with E-state index >= 15 is 0 Å². The molecule has 0 saturated carbocycles. The third-order valence-corrected chi connectivity index (χ3v) is 8.77. The zero-order valence-electron chi connectivity index (χ0n) is 29.9. The molecule has 0 radical (unpaired) electrons. The standard InChI is InChI=1S/C39H76O5/c1-4-5-6-7-8-9-10-11-12-13-14-15-16-17-20-23-26-29-32-38(41)43-34-37(40)35-44-39(42)33-30-27-24-21-18-19-22-25-28-31-36(2)3/h36-37,40H,4-35H2,1-3H3/t37-/m0/s1. The summed E-state index contributed by atoms with van der Waals surface area (Å²) in [5.41, 5.74) is 0. The second kappa shape index (κ2) is 34.8. The lowest BCUT2D eigenvalue weighted by atomic mass is 10.0. The van der Waals surface area contributed by atoms with Gasteiger partial charge in [-0.2, -0.15) is 0 Å². The molecule has 44 heavy (non-hydrogen) atoms. The van der Waals surface area contributed by atoms with Crippen molar-refractivity contribution in [3.8, 4) is 0 Å². The van der Waals surface area contributed by atoms with E-state index in [1.807, 2.05) is 0 Å². The number of carbonyl (C=O) groups excluding carboxylic acids is 2. The molecule has 0 rings (SSSR count). The fraction of sp³-hybridized carbons (Fsp3) is 0.949. The zero-order valence-corrected chi connectivity index (χ0v) is 29.9. The van der Waals surface area contributed by atoms with Crippen LogP contribution >= 0.6 is 0 Å². The molecule has 0 aliphatic rings. The Labute approximate surface area is 274 Å². The van der Waals surface area contributed by atoms with E-state index in [0.717, 1.165) is 38.0 Å². The van der Waals surface area contributed by atoms with Gasteiger partial charge in [0.1, 0.15) is 19.3 Å². The van der Waals surface area contributed by atoms with Gasteiger partial charge in [0.2, 0.25) is 0 Å². The van der Waals surface area contributed by atoms with Crippen LogP contribution in [0.15, 0.2) is 0 Å². The minimum atomic E-state index is -0.955. The number of rotatable bonds is 35. The summed E-state index contributed by atoms with van der Waals surface area (Å²) in [6.07, 6.45) is 35.9. The summed E-state index contributed by atoms with van der Waals surface area (Å²) in [5.74, 6) is 0.266. The van der Waals surface area contributed by atoms with Crippen LogP contribution in [-0.4, -0.2) is 36.4 Å². The smallest absolute Gasteiger partial charge is 0.305 e. The first kappa shape index (κ1) is 42.9. The fourth-order valence-electron chi connectivity index (χ4n) is 5.80. The molecule has 0 aliphatic carbocycles. The summed E-state index contributed by atoms with van der Waals surface area (Å²) in [6.45, 7) is 6.64. The molecule has 0 spiro atoms. The van der Waals surface area contributed by atoms with E-state index in [1.54, 1.807) is 0 Å². The molecular formula is C39H76O5. The molecule has 1 atom stereocenters. The number of ether oxygens (including phenoxy) is 2. The van der Waals surface area contributed by atoms with Crippen molar-refractivity contribution >= 4 is 11.9 Å². The second-order valence-electron chi connectivity index (χ2n) is 13.9. The molecule has 0 unspecified atom stereocenters. The van der Waals surface area contributed by atoms with Crippen molar-refractivity contribution in [2.24, 2.45) is 5.92 Å². The van der Waals surface area contributed by atoms with Crippen molar-refractivity contribution in [2.75, 3.05) is 13.2 Å². The van der Waals surface area contributed by atoms with E-state index in [9.17, 15) is 14.7 Å². The third kappa shape index (κ3) is 35.4. The Balaban J connectivity index is 3.37. The van der Waals surface area contributed by atoms with Gasteiger partial charge < -0.3 is 14.6 Å². The van der Waals surface area contributed by atoms with E-state index in [1.165, 1.54) is 148 Å². The largest absolute Gasteiger partial charge is 0.463 e. The maximum absolute atomic E-state index is 12.0. The molecule has 0 fully saturated rings. The Bertz CT molecular complexity index is 605. The number of hydrogen-bond donors (Lipinski definition) is 1. The quantitative estimate of drug-likeness (QED) is 0.0561. The Morgan fingerprint density at radius 2 is 0.727 bits per heavy atom. The predicted octanol–water partition coefficient (Wildman–Crippen LogP) is 11.8. The number of carbonyl (C=O) groups is 2. The third-order valence-electron chi connectivity index (χ3n) is 8.77. The Kier molecular flexibility index (Phi) is 33.9. The van der Waals surface area contributed by atoms with E-state index in [0.29, 0.717) is 12.8 Å². The molecule has 0 amide bonds. The molecule has 0 bridgehead atoms.